The molecular formula is C12H10Cl2N4. The van der Waals surface area contributed by atoms with Crippen molar-refractivity contribution in [3.63, 3.8) is 0 Å². The molecule has 0 spiro atoms. The number of hydrogen-bond acceptors (Lipinski definition) is 4. The van der Waals surface area contributed by atoms with Gasteiger partial charge in [-0.3, -0.25) is 5.43 Å². The summed E-state index contributed by atoms with van der Waals surface area (Å²) < 4.78 is 0. The first-order valence-electron chi connectivity index (χ1n) is 5.20. The van der Waals surface area contributed by atoms with E-state index in [4.69, 9.17) is 23.2 Å². The van der Waals surface area contributed by atoms with Gasteiger partial charge in [-0.25, -0.2) is 0 Å². The highest BCUT2D eigenvalue weighted by Gasteiger charge is 1.99. The van der Waals surface area contributed by atoms with Gasteiger partial charge in [-0.2, -0.15) is 5.10 Å². The summed E-state index contributed by atoms with van der Waals surface area (Å²) in [6.45, 7) is 1.88. The predicted molar refractivity (Wildman–Crippen MR) is 74.3 cm³/mol. The predicted octanol–water partition coefficient (Wildman–Crippen LogP) is 3.62. The Morgan fingerprint density at radius 3 is 2.67 bits per heavy atom. The Bertz CT molecular complexity index is 567. The number of hydrogen-bond donors (Lipinski definition) is 1. The standard InChI is InChI=1S/C12H10Cl2N4/c1-8(9-3-2-4-10(13)7-9)15-17-12-6-5-11(14)16-18-12/h2-7H,1H3,(H,17,18)/b15-8+. The van der Waals surface area contributed by atoms with E-state index in [0.717, 1.165) is 11.3 Å². The molecule has 0 saturated heterocycles. The summed E-state index contributed by atoms with van der Waals surface area (Å²) in [5.74, 6) is 0.528. The summed E-state index contributed by atoms with van der Waals surface area (Å²) in [7, 11) is 0. The highest BCUT2D eigenvalue weighted by Crippen LogP contribution is 2.12. The molecule has 2 rings (SSSR count). The van der Waals surface area contributed by atoms with Crippen LogP contribution in [0.15, 0.2) is 41.5 Å². The van der Waals surface area contributed by atoms with Gasteiger partial charge in [0.25, 0.3) is 0 Å². The summed E-state index contributed by atoms with van der Waals surface area (Å²) >= 11 is 11.5. The quantitative estimate of drug-likeness (QED) is 0.690. The zero-order valence-corrected chi connectivity index (χ0v) is 11.1. The highest BCUT2D eigenvalue weighted by molar-refractivity contribution is 6.31. The van der Waals surface area contributed by atoms with Crippen LogP contribution in [0.1, 0.15) is 12.5 Å². The zero-order chi connectivity index (χ0) is 13.0. The van der Waals surface area contributed by atoms with Gasteiger partial charge in [0.15, 0.2) is 11.0 Å². The van der Waals surface area contributed by atoms with Crippen molar-refractivity contribution in [2.24, 2.45) is 5.10 Å². The fourth-order valence-corrected chi connectivity index (χ4v) is 1.59. The van der Waals surface area contributed by atoms with Crippen LogP contribution < -0.4 is 5.43 Å². The molecule has 0 aliphatic rings. The van der Waals surface area contributed by atoms with Crippen LogP contribution in [0.25, 0.3) is 0 Å². The van der Waals surface area contributed by atoms with Crippen LogP contribution in [-0.4, -0.2) is 15.9 Å². The van der Waals surface area contributed by atoms with Crippen LogP contribution >= 0.6 is 23.2 Å². The van der Waals surface area contributed by atoms with Crippen LogP contribution in [0, 0.1) is 0 Å². The average Bonchev–Trinajstić information content (AvgIpc) is 2.38. The lowest BCUT2D eigenvalue weighted by Crippen LogP contribution is -2.01. The highest BCUT2D eigenvalue weighted by atomic mass is 35.5. The Morgan fingerprint density at radius 1 is 1.17 bits per heavy atom. The molecule has 0 aliphatic heterocycles. The molecule has 6 heteroatoms. The first kappa shape index (κ1) is 12.8. The molecule has 4 nitrogen and oxygen atoms in total. The molecule has 92 valence electrons. The second-order valence-electron chi connectivity index (χ2n) is 3.56. The van der Waals surface area contributed by atoms with Gasteiger partial charge in [-0.15, -0.1) is 10.2 Å². The fourth-order valence-electron chi connectivity index (χ4n) is 1.29. The fraction of sp³-hybridized carbons (Fsp3) is 0.0833. The van der Waals surface area contributed by atoms with Gasteiger partial charge in [0.05, 0.1) is 5.71 Å². The normalized spacial score (nSPS) is 11.4. The molecule has 1 N–H and O–H groups in total. The van der Waals surface area contributed by atoms with Crippen molar-refractivity contribution < 1.29 is 0 Å². The third-order valence-electron chi connectivity index (χ3n) is 2.21. The van der Waals surface area contributed by atoms with E-state index in [9.17, 15) is 0 Å². The number of nitrogens with zero attached hydrogens (tertiary/aromatic N) is 3. The van der Waals surface area contributed by atoms with Crippen molar-refractivity contribution in [2.75, 3.05) is 5.43 Å². The maximum absolute atomic E-state index is 5.91. The molecule has 1 aromatic heterocycles. The molecule has 0 amide bonds. The van der Waals surface area contributed by atoms with Crippen LogP contribution in [0.2, 0.25) is 10.2 Å². The third kappa shape index (κ3) is 3.42. The Kier molecular flexibility index (Phi) is 4.12. The van der Waals surface area contributed by atoms with E-state index in [2.05, 4.69) is 20.7 Å². The molecule has 1 heterocycles. The van der Waals surface area contributed by atoms with Gasteiger partial charge < -0.3 is 0 Å². The van der Waals surface area contributed by atoms with Crippen LogP contribution in [-0.2, 0) is 0 Å². The van der Waals surface area contributed by atoms with Gasteiger partial charge in [0.2, 0.25) is 0 Å². The number of rotatable bonds is 3. The van der Waals surface area contributed by atoms with Crippen molar-refractivity contribution in [1.82, 2.24) is 10.2 Å². The molecule has 0 bridgehead atoms. The SMILES string of the molecule is C/C(=N\Nc1ccc(Cl)nn1)c1cccc(Cl)c1. The molecular weight excluding hydrogens is 271 g/mol. The van der Waals surface area contributed by atoms with Gasteiger partial charge >= 0.3 is 0 Å². The minimum atomic E-state index is 0.344. The lowest BCUT2D eigenvalue weighted by atomic mass is 10.1. The molecule has 0 saturated carbocycles. The summed E-state index contributed by atoms with van der Waals surface area (Å²) in [6, 6.07) is 10.8. The second kappa shape index (κ2) is 5.80. The van der Waals surface area contributed by atoms with Gasteiger partial charge in [0.1, 0.15) is 0 Å². The molecule has 0 unspecified atom stereocenters. The Balaban J connectivity index is 2.11. The largest absolute Gasteiger partial charge is 0.260 e. The van der Waals surface area contributed by atoms with Crippen LogP contribution in [0.3, 0.4) is 0 Å². The molecule has 0 aliphatic carbocycles. The molecule has 0 radical (unpaired) electrons. The molecule has 1 aromatic carbocycles. The number of aromatic nitrogens is 2. The van der Waals surface area contributed by atoms with E-state index in [0.29, 0.717) is 16.0 Å². The van der Waals surface area contributed by atoms with Gasteiger partial charge in [0, 0.05) is 5.02 Å². The van der Waals surface area contributed by atoms with E-state index in [-0.39, 0.29) is 0 Å². The van der Waals surface area contributed by atoms with E-state index in [1.54, 1.807) is 12.1 Å². The number of anilines is 1. The minimum absolute atomic E-state index is 0.344. The topological polar surface area (TPSA) is 50.2 Å². The van der Waals surface area contributed by atoms with Crippen molar-refractivity contribution >= 4 is 34.7 Å². The maximum Gasteiger partial charge on any atom is 0.168 e. The Labute approximate surface area is 115 Å². The number of nitrogens with one attached hydrogen (secondary N) is 1. The molecule has 18 heavy (non-hydrogen) atoms. The first-order chi connectivity index (χ1) is 8.65. The average molecular weight is 281 g/mol. The number of hydrazone groups is 1. The van der Waals surface area contributed by atoms with Crippen molar-refractivity contribution in [2.45, 2.75) is 6.92 Å². The monoisotopic (exact) mass is 280 g/mol. The van der Waals surface area contributed by atoms with E-state index in [1.165, 1.54) is 0 Å². The second-order valence-corrected chi connectivity index (χ2v) is 4.38. The number of benzene rings is 1. The summed E-state index contributed by atoms with van der Waals surface area (Å²) in [5.41, 5.74) is 4.54. The number of halogens is 2. The minimum Gasteiger partial charge on any atom is -0.260 e. The molecule has 2 aromatic rings. The van der Waals surface area contributed by atoms with E-state index >= 15 is 0 Å². The Morgan fingerprint density at radius 2 is 2.00 bits per heavy atom. The van der Waals surface area contributed by atoms with Gasteiger partial charge in [-0.05, 0) is 36.8 Å². The van der Waals surface area contributed by atoms with E-state index < -0.39 is 0 Å². The zero-order valence-electron chi connectivity index (χ0n) is 9.56. The lowest BCUT2D eigenvalue weighted by Gasteiger charge is -2.02. The summed E-state index contributed by atoms with van der Waals surface area (Å²) in [4.78, 5) is 0. The van der Waals surface area contributed by atoms with Crippen molar-refractivity contribution in [3.05, 3.63) is 52.1 Å². The Hall–Kier alpha value is -1.65. The van der Waals surface area contributed by atoms with Crippen LogP contribution in [0.5, 0.6) is 0 Å². The van der Waals surface area contributed by atoms with Crippen molar-refractivity contribution in [1.29, 1.82) is 0 Å². The van der Waals surface area contributed by atoms with Crippen LogP contribution in [0.4, 0.5) is 5.82 Å². The first-order valence-corrected chi connectivity index (χ1v) is 5.96. The summed E-state index contributed by atoms with van der Waals surface area (Å²) in [6.07, 6.45) is 0. The summed E-state index contributed by atoms with van der Waals surface area (Å²) in [5, 5.41) is 12.8. The molecule has 0 fully saturated rings. The molecule has 0 atom stereocenters. The van der Waals surface area contributed by atoms with Crippen molar-refractivity contribution in [3.8, 4) is 0 Å². The lowest BCUT2D eigenvalue weighted by molar-refractivity contribution is 1.02. The third-order valence-corrected chi connectivity index (χ3v) is 2.65. The maximum atomic E-state index is 5.91. The van der Waals surface area contributed by atoms with Gasteiger partial charge in [-0.1, -0.05) is 35.3 Å². The smallest absolute Gasteiger partial charge is 0.168 e. The van der Waals surface area contributed by atoms with E-state index in [1.807, 2.05) is 31.2 Å².